The van der Waals surface area contributed by atoms with E-state index in [2.05, 4.69) is 29.4 Å². The van der Waals surface area contributed by atoms with Gasteiger partial charge in [0.2, 0.25) is 5.91 Å². The fraction of sp³-hybridized carbons (Fsp3) is 0.231. The van der Waals surface area contributed by atoms with Gasteiger partial charge in [0.1, 0.15) is 0 Å². The predicted molar refractivity (Wildman–Crippen MR) is 137 cm³/mol. The molecule has 4 aromatic rings. The number of hydrogen-bond donors (Lipinski definition) is 0. The molecule has 3 aromatic carbocycles. The number of hydrogen-bond acceptors (Lipinski definition) is 5. The van der Waals surface area contributed by atoms with Crippen molar-refractivity contribution in [2.24, 2.45) is 0 Å². The van der Waals surface area contributed by atoms with E-state index < -0.39 is 0 Å². The van der Waals surface area contributed by atoms with Gasteiger partial charge in [0.25, 0.3) is 0 Å². The van der Waals surface area contributed by atoms with E-state index in [1.54, 1.807) is 23.1 Å². The van der Waals surface area contributed by atoms with Crippen molar-refractivity contribution in [2.75, 3.05) is 38.3 Å². The lowest BCUT2D eigenvalue weighted by Gasteiger charge is -2.27. The van der Waals surface area contributed by atoms with Gasteiger partial charge in [0.15, 0.2) is 5.13 Å². The van der Waals surface area contributed by atoms with Crippen molar-refractivity contribution in [2.45, 2.75) is 10.8 Å². The van der Waals surface area contributed by atoms with Crippen LogP contribution in [0.1, 0.15) is 17.0 Å². The molecule has 1 amide bonds. The number of carbonyl (C=O) groups is 1. The summed E-state index contributed by atoms with van der Waals surface area (Å²) in [5.74, 6) is -0.333. The normalized spacial score (nSPS) is 11.4. The van der Waals surface area contributed by atoms with E-state index in [1.807, 2.05) is 79.7 Å². The molecule has 0 aliphatic rings. The Morgan fingerprint density at radius 1 is 0.906 bits per heavy atom. The lowest BCUT2D eigenvalue weighted by Crippen LogP contribution is -2.40. The highest BCUT2D eigenvalue weighted by molar-refractivity contribution is 7.98. The third-order valence-corrected chi connectivity index (χ3v) is 7.18. The zero-order valence-corrected chi connectivity index (χ0v) is 20.2. The van der Waals surface area contributed by atoms with Gasteiger partial charge in [-0.05, 0) is 43.6 Å². The van der Waals surface area contributed by atoms with Gasteiger partial charge in [0, 0.05) is 18.0 Å². The van der Waals surface area contributed by atoms with Gasteiger partial charge in [-0.25, -0.2) is 4.98 Å². The molecule has 6 heteroatoms. The maximum Gasteiger partial charge on any atom is 0.240 e. The number of amides is 1. The summed E-state index contributed by atoms with van der Waals surface area (Å²) in [5.41, 5.74) is 2.95. The SMILES string of the molecule is CSc1cccc2sc(N(CCN(C)C)C(=O)C(c3ccccc3)c3ccccc3)nc12. The summed E-state index contributed by atoms with van der Waals surface area (Å²) in [4.78, 5) is 24.2. The van der Waals surface area contributed by atoms with Crippen LogP contribution in [0.15, 0.2) is 83.8 Å². The molecular weight excluding hydrogens is 434 g/mol. The summed E-state index contributed by atoms with van der Waals surface area (Å²) in [6.45, 7) is 1.34. The number of benzene rings is 3. The highest BCUT2D eigenvalue weighted by atomic mass is 32.2. The summed E-state index contributed by atoms with van der Waals surface area (Å²) < 4.78 is 1.10. The number of nitrogens with zero attached hydrogens (tertiary/aromatic N) is 3. The summed E-state index contributed by atoms with van der Waals surface area (Å²) in [7, 11) is 4.05. The Morgan fingerprint density at radius 3 is 2.09 bits per heavy atom. The number of carbonyl (C=O) groups excluding carboxylic acids is 1. The molecule has 1 aromatic heterocycles. The Morgan fingerprint density at radius 2 is 1.53 bits per heavy atom. The molecule has 0 fully saturated rings. The minimum atomic E-state index is -0.383. The van der Waals surface area contributed by atoms with Gasteiger partial charge < -0.3 is 4.90 Å². The van der Waals surface area contributed by atoms with Gasteiger partial charge in [0.05, 0.1) is 16.1 Å². The summed E-state index contributed by atoms with van der Waals surface area (Å²) in [6, 6.07) is 26.3. The van der Waals surface area contributed by atoms with Gasteiger partial charge in [-0.2, -0.15) is 0 Å². The second-order valence-corrected chi connectivity index (χ2v) is 9.71. The molecule has 0 saturated heterocycles. The van der Waals surface area contributed by atoms with Gasteiger partial charge in [-0.1, -0.05) is 78.1 Å². The molecule has 1 heterocycles. The first-order valence-electron chi connectivity index (χ1n) is 10.6. The maximum atomic E-state index is 14.2. The number of para-hydroxylation sites is 1. The highest BCUT2D eigenvalue weighted by Crippen LogP contribution is 2.36. The molecule has 0 atom stereocenters. The predicted octanol–water partition coefficient (Wildman–Crippen LogP) is 5.74. The highest BCUT2D eigenvalue weighted by Gasteiger charge is 2.30. The van der Waals surface area contributed by atoms with Crippen LogP contribution in [0.3, 0.4) is 0 Å². The van der Waals surface area contributed by atoms with Crippen LogP contribution in [0.4, 0.5) is 5.13 Å². The first-order valence-corrected chi connectivity index (χ1v) is 12.6. The number of anilines is 1. The first kappa shape index (κ1) is 22.5. The van der Waals surface area contributed by atoms with Crippen LogP contribution < -0.4 is 4.90 Å². The average molecular weight is 462 g/mol. The lowest BCUT2D eigenvalue weighted by atomic mass is 9.90. The van der Waals surface area contributed by atoms with Crippen molar-refractivity contribution in [3.8, 4) is 0 Å². The monoisotopic (exact) mass is 461 g/mol. The molecule has 0 N–H and O–H groups in total. The van der Waals surface area contributed by atoms with Gasteiger partial charge in [-0.15, -0.1) is 11.8 Å². The van der Waals surface area contributed by atoms with Crippen LogP contribution in [0.2, 0.25) is 0 Å². The molecule has 0 spiro atoms. The Labute approximate surface area is 197 Å². The van der Waals surface area contributed by atoms with Crippen LogP contribution in [-0.2, 0) is 4.79 Å². The molecule has 0 radical (unpaired) electrons. The van der Waals surface area contributed by atoms with E-state index in [0.29, 0.717) is 6.54 Å². The van der Waals surface area contributed by atoms with Crippen LogP contribution in [0.25, 0.3) is 10.2 Å². The fourth-order valence-electron chi connectivity index (χ4n) is 3.72. The minimum Gasteiger partial charge on any atom is -0.308 e. The molecular formula is C26H27N3OS2. The zero-order chi connectivity index (χ0) is 22.5. The second-order valence-electron chi connectivity index (χ2n) is 7.85. The topological polar surface area (TPSA) is 36.4 Å². The molecule has 0 saturated carbocycles. The summed E-state index contributed by atoms with van der Waals surface area (Å²) in [5, 5.41) is 0.755. The Balaban J connectivity index is 1.80. The Hall–Kier alpha value is -2.67. The van der Waals surface area contributed by atoms with Crippen molar-refractivity contribution < 1.29 is 4.79 Å². The standard InChI is InChI=1S/C26H27N3OS2/c1-28(2)17-18-29(26-27-24-21(31-3)15-10-16-22(24)32-26)25(30)23(19-11-6-4-7-12-19)20-13-8-5-9-14-20/h4-16,23H,17-18H2,1-3H3. The molecule has 4 nitrogen and oxygen atoms in total. The van der Waals surface area contributed by atoms with E-state index in [9.17, 15) is 4.79 Å². The van der Waals surface area contributed by atoms with Gasteiger partial charge in [-0.3, -0.25) is 9.69 Å². The van der Waals surface area contributed by atoms with E-state index in [-0.39, 0.29) is 11.8 Å². The summed E-state index contributed by atoms with van der Waals surface area (Å²) in [6.07, 6.45) is 2.06. The van der Waals surface area contributed by atoms with E-state index in [0.717, 1.165) is 37.9 Å². The van der Waals surface area contributed by atoms with E-state index >= 15 is 0 Å². The third kappa shape index (κ3) is 4.88. The minimum absolute atomic E-state index is 0.0500. The molecule has 0 aliphatic heterocycles. The Bertz CT molecular complexity index is 1140. The largest absolute Gasteiger partial charge is 0.308 e. The molecule has 0 unspecified atom stereocenters. The van der Waals surface area contributed by atoms with Crippen LogP contribution in [0.5, 0.6) is 0 Å². The number of fused-ring (bicyclic) bond motifs is 1. The smallest absolute Gasteiger partial charge is 0.240 e. The van der Waals surface area contributed by atoms with Crippen molar-refractivity contribution >= 4 is 44.4 Å². The molecule has 164 valence electrons. The van der Waals surface area contributed by atoms with Gasteiger partial charge >= 0.3 is 0 Å². The van der Waals surface area contributed by atoms with Crippen LogP contribution in [-0.4, -0.2) is 49.2 Å². The van der Waals surface area contributed by atoms with Crippen LogP contribution in [0, 0.1) is 0 Å². The van der Waals surface area contributed by atoms with Crippen LogP contribution >= 0.6 is 23.1 Å². The number of thioether (sulfide) groups is 1. The summed E-state index contributed by atoms with van der Waals surface area (Å²) >= 11 is 3.27. The van der Waals surface area contributed by atoms with E-state index in [1.165, 1.54) is 0 Å². The Kier molecular flexibility index (Phi) is 7.25. The second kappa shape index (κ2) is 10.3. The van der Waals surface area contributed by atoms with Crippen molar-refractivity contribution in [1.29, 1.82) is 0 Å². The zero-order valence-electron chi connectivity index (χ0n) is 18.6. The average Bonchev–Trinajstić information content (AvgIpc) is 3.24. The third-order valence-electron chi connectivity index (χ3n) is 5.37. The van der Waals surface area contributed by atoms with Crippen molar-refractivity contribution in [3.63, 3.8) is 0 Å². The van der Waals surface area contributed by atoms with Crippen molar-refractivity contribution in [3.05, 3.63) is 90.0 Å². The van der Waals surface area contributed by atoms with Crippen molar-refractivity contribution in [1.82, 2.24) is 9.88 Å². The van der Waals surface area contributed by atoms with E-state index in [4.69, 9.17) is 4.98 Å². The lowest BCUT2D eigenvalue weighted by molar-refractivity contribution is -0.119. The first-order chi connectivity index (χ1) is 15.6. The molecule has 4 rings (SSSR count). The number of aromatic nitrogens is 1. The maximum absolute atomic E-state index is 14.2. The number of rotatable bonds is 8. The molecule has 0 bridgehead atoms. The molecule has 32 heavy (non-hydrogen) atoms. The number of likely N-dealkylation sites (N-methyl/N-ethyl adjacent to an activating group) is 1. The number of thiazole rings is 1. The molecule has 0 aliphatic carbocycles. The fourth-order valence-corrected chi connectivity index (χ4v) is 5.37. The quantitative estimate of drug-likeness (QED) is 0.313.